The maximum Gasteiger partial charge on any atom is 0.335 e. The fourth-order valence-corrected chi connectivity index (χ4v) is 15.9. The Morgan fingerprint density at radius 2 is 1.55 bits per heavy atom. The van der Waals surface area contributed by atoms with Gasteiger partial charge in [0.25, 0.3) is 0 Å². The molecule has 0 aromatic heterocycles. The SMILES string of the molecule is CC(C)[C@@H]1CC[C@]2(NCCN3CCS(=O)(=O)CC3)CC[C@]3(C)[C@H](CC[C@@H]4[C@@]5(C)CC[C@H](c6ccc(C(=O)O)cc6)C(C)(C)[C@@H]5CC[C@]43C)[C@@H]12. The van der Waals surface area contributed by atoms with Gasteiger partial charge in [-0.3, -0.25) is 0 Å². The number of carboxylic acids is 1. The standard InChI is InChI=1S/C42H66N2O4S/c1-28(2)31-14-19-42(43-22-23-44-24-26-49(47,48)27-25-44)21-20-40(6)33(36(31)42)12-13-35-39(5)17-15-32(29-8-10-30(11-9-29)37(45)46)38(3,4)34(39)16-18-41(35,40)7/h8-11,28,31-36,43H,12-27H2,1-7H3,(H,45,46)/t31-,32+,33+,34-,35+,36+,39-,40+,41+,42-/m0/s1. The van der Waals surface area contributed by atoms with E-state index < -0.39 is 15.8 Å². The molecule has 1 heterocycles. The van der Waals surface area contributed by atoms with E-state index in [9.17, 15) is 18.3 Å². The summed E-state index contributed by atoms with van der Waals surface area (Å²) in [7, 11) is -2.85. The van der Waals surface area contributed by atoms with Gasteiger partial charge in [0, 0.05) is 31.7 Å². The van der Waals surface area contributed by atoms with Gasteiger partial charge in [-0.05, 0) is 145 Å². The predicted octanol–water partition coefficient (Wildman–Crippen LogP) is 8.28. The maximum atomic E-state index is 12.0. The number of rotatable bonds is 7. The first-order valence-corrected chi connectivity index (χ1v) is 21.8. The maximum absolute atomic E-state index is 12.0. The van der Waals surface area contributed by atoms with Gasteiger partial charge >= 0.3 is 5.97 Å². The van der Waals surface area contributed by atoms with E-state index in [0.717, 1.165) is 36.8 Å². The highest BCUT2D eigenvalue weighted by atomic mass is 32.2. The molecule has 1 aromatic rings. The van der Waals surface area contributed by atoms with Crippen LogP contribution in [0.15, 0.2) is 24.3 Å². The van der Waals surface area contributed by atoms with Gasteiger partial charge in [-0.15, -0.1) is 0 Å². The molecule has 274 valence electrons. The minimum absolute atomic E-state index is 0.162. The summed E-state index contributed by atoms with van der Waals surface area (Å²) in [6.45, 7) is 21.5. The molecule has 0 bridgehead atoms. The number of hydrogen-bond acceptors (Lipinski definition) is 5. The molecule has 0 radical (unpaired) electrons. The fourth-order valence-electron chi connectivity index (χ4n) is 14.6. The van der Waals surface area contributed by atoms with Gasteiger partial charge in [-0.2, -0.15) is 0 Å². The number of hydrogen-bond donors (Lipinski definition) is 2. The minimum atomic E-state index is -2.85. The molecule has 5 aliphatic carbocycles. The number of carbonyl (C=O) groups is 1. The lowest BCUT2D eigenvalue weighted by Gasteiger charge is -2.73. The Labute approximate surface area is 297 Å². The van der Waals surface area contributed by atoms with Crippen LogP contribution in [-0.2, 0) is 9.84 Å². The summed E-state index contributed by atoms with van der Waals surface area (Å²) >= 11 is 0. The monoisotopic (exact) mass is 694 g/mol. The van der Waals surface area contributed by atoms with E-state index in [1.54, 1.807) is 0 Å². The van der Waals surface area contributed by atoms with Gasteiger partial charge in [0.15, 0.2) is 9.84 Å². The third-order valence-corrected chi connectivity index (χ3v) is 18.9. The molecule has 1 aliphatic heterocycles. The van der Waals surface area contributed by atoms with Gasteiger partial charge < -0.3 is 15.3 Å². The quantitative estimate of drug-likeness (QED) is 0.299. The van der Waals surface area contributed by atoms with E-state index in [-0.39, 0.29) is 11.0 Å². The molecule has 49 heavy (non-hydrogen) atoms. The van der Waals surface area contributed by atoms with Gasteiger partial charge in [0.05, 0.1) is 17.1 Å². The van der Waals surface area contributed by atoms with Gasteiger partial charge in [0.1, 0.15) is 0 Å². The van der Waals surface area contributed by atoms with Gasteiger partial charge in [-0.25, -0.2) is 13.2 Å². The molecule has 2 N–H and O–H groups in total. The highest BCUT2D eigenvalue weighted by Crippen LogP contribution is 2.77. The number of carboxylic acid groups (broad SMARTS) is 1. The van der Waals surface area contributed by atoms with Crippen LogP contribution >= 0.6 is 0 Å². The van der Waals surface area contributed by atoms with Crippen molar-refractivity contribution < 1.29 is 18.3 Å². The summed E-state index contributed by atoms with van der Waals surface area (Å²) in [6.07, 6.45) is 13.1. The molecule has 0 amide bonds. The normalized spacial score (nSPS) is 44.4. The Morgan fingerprint density at radius 1 is 0.857 bits per heavy atom. The minimum Gasteiger partial charge on any atom is -0.478 e. The molecule has 10 atom stereocenters. The van der Waals surface area contributed by atoms with Gasteiger partial charge in [-0.1, -0.05) is 60.6 Å². The van der Waals surface area contributed by atoms with Crippen LogP contribution in [0.2, 0.25) is 0 Å². The van der Waals surface area contributed by atoms with Crippen LogP contribution in [0.5, 0.6) is 0 Å². The first kappa shape index (κ1) is 35.9. The molecule has 6 aliphatic rings. The second-order valence-corrected chi connectivity index (χ2v) is 21.9. The molecule has 0 spiro atoms. The lowest BCUT2D eigenvalue weighted by Crippen LogP contribution is -2.68. The van der Waals surface area contributed by atoms with Crippen LogP contribution in [0.4, 0.5) is 0 Å². The largest absolute Gasteiger partial charge is 0.478 e. The molecule has 7 heteroatoms. The summed E-state index contributed by atoms with van der Waals surface area (Å²) in [6, 6.07) is 7.83. The van der Waals surface area contributed by atoms with Crippen molar-refractivity contribution >= 4 is 15.8 Å². The van der Waals surface area contributed by atoms with Crippen LogP contribution in [0, 0.1) is 57.2 Å². The van der Waals surface area contributed by atoms with Crippen LogP contribution in [0.1, 0.15) is 135 Å². The Morgan fingerprint density at radius 3 is 2.20 bits per heavy atom. The van der Waals surface area contributed by atoms with E-state index in [2.05, 4.69) is 70.8 Å². The number of fused-ring (bicyclic) bond motifs is 7. The Kier molecular flexibility index (Phi) is 9.04. The lowest BCUT2D eigenvalue weighted by molar-refractivity contribution is -0.235. The van der Waals surface area contributed by atoms with E-state index in [1.807, 2.05) is 12.1 Å². The first-order chi connectivity index (χ1) is 23.0. The van der Waals surface area contributed by atoms with Crippen LogP contribution < -0.4 is 5.32 Å². The van der Waals surface area contributed by atoms with Crippen molar-refractivity contribution in [2.24, 2.45) is 57.2 Å². The summed E-state index contributed by atoms with van der Waals surface area (Å²) < 4.78 is 24.1. The summed E-state index contributed by atoms with van der Waals surface area (Å²) in [5.41, 5.74) is 3.09. The molecule has 5 saturated carbocycles. The third-order valence-electron chi connectivity index (χ3n) is 17.3. The van der Waals surface area contributed by atoms with E-state index >= 15 is 0 Å². The van der Waals surface area contributed by atoms with Crippen molar-refractivity contribution in [1.82, 2.24) is 10.2 Å². The molecule has 6 nitrogen and oxygen atoms in total. The third kappa shape index (κ3) is 5.59. The van der Waals surface area contributed by atoms with Crippen LogP contribution in [0.3, 0.4) is 0 Å². The van der Waals surface area contributed by atoms with E-state index in [1.165, 1.54) is 69.8 Å². The molecule has 1 saturated heterocycles. The van der Waals surface area contributed by atoms with Crippen molar-refractivity contribution in [1.29, 1.82) is 0 Å². The lowest BCUT2D eigenvalue weighted by atomic mass is 9.32. The van der Waals surface area contributed by atoms with Gasteiger partial charge in [0.2, 0.25) is 0 Å². The molecular weight excluding hydrogens is 629 g/mol. The number of sulfone groups is 1. The van der Waals surface area contributed by atoms with Crippen LogP contribution in [-0.4, -0.2) is 67.6 Å². The van der Waals surface area contributed by atoms with Crippen molar-refractivity contribution in [3.05, 3.63) is 35.4 Å². The average molecular weight is 695 g/mol. The average Bonchev–Trinajstić information content (AvgIpc) is 3.42. The molecule has 7 rings (SSSR count). The zero-order valence-corrected chi connectivity index (χ0v) is 32.5. The summed E-state index contributed by atoms with van der Waals surface area (Å²) in [5.74, 6) is 4.59. The summed E-state index contributed by atoms with van der Waals surface area (Å²) in [4.78, 5) is 13.9. The first-order valence-electron chi connectivity index (χ1n) is 20.0. The number of nitrogens with one attached hydrogen (secondary N) is 1. The number of nitrogens with zero attached hydrogens (tertiary/aromatic N) is 1. The van der Waals surface area contributed by atoms with Crippen LogP contribution in [0.25, 0.3) is 0 Å². The molecule has 6 fully saturated rings. The number of benzene rings is 1. The topological polar surface area (TPSA) is 86.7 Å². The second-order valence-electron chi connectivity index (χ2n) is 19.6. The highest BCUT2D eigenvalue weighted by molar-refractivity contribution is 7.91. The smallest absolute Gasteiger partial charge is 0.335 e. The highest BCUT2D eigenvalue weighted by Gasteiger charge is 2.71. The molecule has 1 aromatic carbocycles. The Balaban J connectivity index is 1.12. The van der Waals surface area contributed by atoms with E-state index in [0.29, 0.717) is 64.2 Å². The molecular formula is C42H66N2O4S. The molecule has 0 unspecified atom stereocenters. The zero-order chi connectivity index (χ0) is 35.2. The van der Waals surface area contributed by atoms with Crippen molar-refractivity contribution in [3.8, 4) is 0 Å². The fraction of sp³-hybridized carbons (Fsp3) is 0.833. The predicted molar refractivity (Wildman–Crippen MR) is 199 cm³/mol. The van der Waals surface area contributed by atoms with E-state index in [4.69, 9.17) is 0 Å². The summed E-state index contributed by atoms with van der Waals surface area (Å²) in [5, 5.41) is 13.8. The Hall–Kier alpha value is -1.44. The number of aromatic carboxylic acids is 1. The zero-order valence-electron chi connectivity index (χ0n) is 31.7. The van der Waals surface area contributed by atoms with Crippen molar-refractivity contribution in [2.45, 2.75) is 124 Å². The Bertz CT molecular complexity index is 1510. The second kappa shape index (κ2) is 12.3. The van der Waals surface area contributed by atoms with Crippen molar-refractivity contribution in [2.75, 3.05) is 37.7 Å². The van der Waals surface area contributed by atoms with Crippen molar-refractivity contribution in [3.63, 3.8) is 0 Å².